The van der Waals surface area contributed by atoms with Gasteiger partial charge in [0, 0.05) is 12.3 Å². The molecular formula is C24H32F4. The van der Waals surface area contributed by atoms with Crippen LogP contribution in [0.4, 0.5) is 17.6 Å². The van der Waals surface area contributed by atoms with Gasteiger partial charge in [0.25, 0.3) is 0 Å². The van der Waals surface area contributed by atoms with Gasteiger partial charge in [-0.3, -0.25) is 0 Å². The molecule has 0 saturated heterocycles. The Morgan fingerprint density at radius 1 is 0.786 bits per heavy atom. The van der Waals surface area contributed by atoms with Crippen LogP contribution in [-0.4, -0.2) is 24.7 Å². The fourth-order valence-corrected chi connectivity index (χ4v) is 5.96. The molecule has 156 valence electrons. The van der Waals surface area contributed by atoms with E-state index in [1.165, 1.54) is 24.8 Å². The number of halogens is 4. The summed E-state index contributed by atoms with van der Waals surface area (Å²) in [4.78, 5) is 0. The van der Waals surface area contributed by atoms with E-state index >= 15 is 0 Å². The molecule has 0 aromatic carbocycles. The highest BCUT2D eigenvalue weighted by Gasteiger charge is 2.50. The molecule has 0 amide bonds. The van der Waals surface area contributed by atoms with Crippen LogP contribution in [0, 0.1) is 29.6 Å². The Hall–Kier alpha value is -1.06. The molecule has 0 heterocycles. The number of alkyl halides is 4. The highest BCUT2D eigenvalue weighted by atomic mass is 19.2. The lowest BCUT2D eigenvalue weighted by molar-refractivity contribution is -0.0668. The monoisotopic (exact) mass is 396 g/mol. The third-order valence-corrected chi connectivity index (χ3v) is 7.67. The van der Waals surface area contributed by atoms with E-state index in [1.54, 1.807) is 0 Å². The smallest absolute Gasteiger partial charge is 0.137 e. The van der Waals surface area contributed by atoms with Crippen LogP contribution in [0.15, 0.2) is 36.0 Å². The summed E-state index contributed by atoms with van der Waals surface area (Å²) in [7, 11) is 0. The second-order valence-electron chi connectivity index (χ2n) is 9.33. The first-order valence-electron chi connectivity index (χ1n) is 11.2. The van der Waals surface area contributed by atoms with Crippen LogP contribution in [0.25, 0.3) is 0 Å². The molecule has 0 radical (unpaired) electrons. The first kappa shape index (κ1) is 20.2. The molecule has 0 spiro atoms. The van der Waals surface area contributed by atoms with Gasteiger partial charge in [-0.25, -0.2) is 17.6 Å². The summed E-state index contributed by atoms with van der Waals surface area (Å²) in [6.45, 7) is 0. The molecule has 4 aliphatic rings. The molecular weight excluding hydrogens is 364 g/mol. The highest BCUT2D eigenvalue weighted by molar-refractivity contribution is 5.27. The third kappa shape index (κ3) is 4.11. The van der Waals surface area contributed by atoms with Gasteiger partial charge in [-0.2, -0.15) is 0 Å². The Kier molecular flexibility index (Phi) is 6.32. The van der Waals surface area contributed by atoms with E-state index in [9.17, 15) is 17.6 Å². The van der Waals surface area contributed by atoms with Crippen molar-refractivity contribution >= 4 is 0 Å². The molecule has 0 aromatic rings. The van der Waals surface area contributed by atoms with Crippen molar-refractivity contribution < 1.29 is 17.6 Å². The van der Waals surface area contributed by atoms with Crippen LogP contribution in [0.2, 0.25) is 0 Å². The number of rotatable bonds is 3. The zero-order valence-electron chi connectivity index (χ0n) is 16.5. The van der Waals surface area contributed by atoms with E-state index < -0.39 is 37.0 Å². The van der Waals surface area contributed by atoms with Gasteiger partial charge in [-0.1, -0.05) is 30.4 Å². The Morgan fingerprint density at radius 3 is 2.07 bits per heavy atom. The van der Waals surface area contributed by atoms with E-state index in [2.05, 4.69) is 30.4 Å². The largest absolute Gasteiger partial charge is 0.244 e. The maximum absolute atomic E-state index is 14.3. The van der Waals surface area contributed by atoms with Crippen LogP contribution < -0.4 is 0 Å². The minimum absolute atomic E-state index is 0.244. The summed E-state index contributed by atoms with van der Waals surface area (Å²) in [5.41, 5.74) is 1.35. The molecule has 0 nitrogen and oxygen atoms in total. The Morgan fingerprint density at radius 2 is 1.50 bits per heavy atom. The van der Waals surface area contributed by atoms with Crippen LogP contribution >= 0.6 is 0 Å². The first-order valence-corrected chi connectivity index (χ1v) is 11.2. The van der Waals surface area contributed by atoms with Crippen molar-refractivity contribution in [2.24, 2.45) is 29.6 Å². The Labute approximate surface area is 166 Å². The zero-order valence-corrected chi connectivity index (χ0v) is 16.5. The van der Waals surface area contributed by atoms with Gasteiger partial charge < -0.3 is 0 Å². The van der Waals surface area contributed by atoms with Crippen LogP contribution in [-0.2, 0) is 0 Å². The summed E-state index contributed by atoms with van der Waals surface area (Å²) >= 11 is 0. The topological polar surface area (TPSA) is 0 Å². The summed E-state index contributed by atoms with van der Waals surface area (Å²) in [6.07, 6.45) is 11.4. The van der Waals surface area contributed by atoms with Gasteiger partial charge in [0.15, 0.2) is 0 Å². The first-order chi connectivity index (χ1) is 13.5. The fourth-order valence-electron chi connectivity index (χ4n) is 5.96. The van der Waals surface area contributed by atoms with Crippen molar-refractivity contribution in [1.29, 1.82) is 0 Å². The van der Waals surface area contributed by atoms with Crippen molar-refractivity contribution in [3.05, 3.63) is 36.0 Å². The molecule has 4 heteroatoms. The normalized spacial score (nSPS) is 47.0. The van der Waals surface area contributed by atoms with Gasteiger partial charge in [0.1, 0.15) is 24.7 Å². The molecule has 0 N–H and O–H groups in total. The molecule has 4 aliphatic carbocycles. The maximum Gasteiger partial charge on any atom is 0.137 e. The van der Waals surface area contributed by atoms with Gasteiger partial charge in [0.05, 0.1) is 0 Å². The van der Waals surface area contributed by atoms with Crippen LogP contribution in [0.5, 0.6) is 0 Å². The van der Waals surface area contributed by atoms with Gasteiger partial charge in [-0.05, 0) is 80.6 Å². The SMILES string of the molecule is FC1CC(F)C(F)C(C2CCC(C3=CCC(C4C=CCCC4)C=C3)CC2)C1F. The summed E-state index contributed by atoms with van der Waals surface area (Å²) in [5, 5.41) is 0. The summed E-state index contributed by atoms with van der Waals surface area (Å²) < 4.78 is 56.1. The Bertz CT molecular complexity index is 602. The van der Waals surface area contributed by atoms with E-state index in [-0.39, 0.29) is 5.92 Å². The zero-order chi connectivity index (χ0) is 19.7. The van der Waals surface area contributed by atoms with Crippen molar-refractivity contribution in [2.75, 3.05) is 0 Å². The number of hydrogen-bond donors (Lipinski definition) is 0. The van der Waals surface area contributed by atoms with Crippen molar-refractivity contribution in [3.63, 3.8) is 0 Å². The second-order valence-corrected chi connectivity index (χ2v) is 9.33. The average Bonchev–Trinajstić information content (AvgIpc) is 2.74. The van der Waals surface area contributed by atoms with Crippen LogP contribution in [0.1, 0.15) is 57.8 Å². The van der Waals surface area contributed by atoms with E-state index in [0.717, 1.165) is 19.3 Å². The average molecular weight is 397 g/mol. The maximum atomic E-state index is 14.3. The lowest BCUT2D eigenvalue weighted by Crippen LogP contribution is -2.49. The van der Waals surface area contributed by atoms with Crippen LogP contribution in [0.3, 0.4) is 0 Å². The van der Waals surface area contributed by atoms with Gasteiger partial charge in [0.2, 0.25) is 0 Å². The lowest BCUT2D eigenvalue weighted by atomic mass is 9.67. The minimum Gasteiger partial charge on any atom is -0.244 e. The fraction of sp³-hybridized carbons (Fsp3) is 0.750. The number of allylic oxidation sites excluding steroid dienone is 6. The molecule has 4 rings (SSSR count). The van der Waals surface area contributed by atoms with Crippen molar-refractivity contribution in [2.45, 2.75) is 82.5 Å². The molecule has 0 bridgehead atoms. The highest BCUT2D eigenvalue weighted by Crippen LogP contribution is 2.46. The standard InChI is InChI=1S/C24H32F4/c25-20-14-21(26)24(28)22(23(20)27)19-12-10-18(11-13-19)17-8-6-16(7-9-17)15-4-2-1-3-5-15/h2,4,6,8-9,15-16,18-24H,1,3,5,7,10-14H2. The molecule has 0 aliphatic heterocycles. The second kappa shape index (κ2) is 8.75. The lowest BCUT2D eigenvalue weighted by Gasteiger charge is -2.42. The van der Waals surface area contributed by atoms with Gasteiger partial charge >= 0.3 is 0 Å². The summed E-state index contributed by atoms with van der Waals surface area (Å²) in [5.74, 6) is 0.290. The van der Waals surface area contributed by atoms with E-state index in [4.69, 9.17) is 0 Å². The quantitative estimate of drug-likeness (QED) is 0.355. The van der Waals surface area contributed by atoms with Crippen molar-refractivity contribution in [1.82, 2.24) is 0 Å². The minimum atomic E-state index is -1.86. The summed E-state index contributed by atoms with van der Waals surface area (Å²) in [6, 6.07) is 0. The predicted octanol–water partition coefficient (Wildman–Crippen LogP) is 7.02. The molecule has 6 unspecified atom stereocenters. The Balaban J connectivity index is 1.32. The third-order valence-electron chi connectivity index (χ3n) is 7.67. The molecule has 0 aromatic heterocycles. The molecule has 28 heavy (non-hydrogen) atoms. The van der Waals surface area contributed by atoms with E-state index in [0.29, 0.717) is 30.6 Å². The van der Waals surface area contributed by atoms with Gasteiger partial charge in [-0.15, -0.1) is 0 Å². The van der Waals surface area contributed by atoms with E-state index in [1.807, 2.05) is 0 Å². The molecule has 2 fully saturated rings. The molecule has 2 saturated carbocycles. The van der Waals surface area contributed by atoms with Crippen molar-refractivity contribution in [3.8, 4) is 0 Å². The number of hydrogen-bond acceptors (Lipinski definition) is 0. The molecule has 6 atom stereocenters. The predicted molar refractivity (Wildman–Crippen MR) is 105 cm³/mol.